The molecule has 0 radical (unpaired) electrons. The molecule has 0 bridgehead atoms. The number of benzene rings is 1. The number of rotatable bonds is 3. The molecule has 5 heteroatoms. The Labute approximate surface area is 102 Å². The molecule has 2 aromatic rings. The summed E-state index contributed by atoms with van der Waals surface area (Å²) < 4.78 is 12.3. The Kier molecular flexibility index (Phi) is 3.74. The Morgan fingerprint density at radius 2 is 1.81 bits per heavy atom. The van der Waals surface area contributed by atoms with Gasteiger partial charge in [0.05, 0.1) is 0 Å². The van der Waals surface area contributed by atoms with Gasteiger partial charge in [0, 0.05) is 17.3 Å². The lowest BCUT2D eigenvalue weighted by Crippen LogP contribution is -1.84. The van der Waals surface area contributed by atoms with E-state index in [4.69, 9.17) is 11.6 Å². The summed E-state index contributed by atoms with van der Waals surface area (Å²) in [5.41, 5.74) is 0.662. The van der Waals surface area contributed by atoms with Crippen molar-refractivity contribution in [2.24, 2.45) is 0 Å². The molecule has 0 saturated heterocycles. The van der Waals surface area contributed by atoms with Crippen LogP contribution in [0.1, 0.15) is 5.56 Å². The van der Waals surface area contributed by atoms with Crippen molar-refractivity contribution >= 4 is 23.4 Å². The molecular weight excluding hydrogens is 247 g/mol. The zero-order chi connectivity index (χ0) is 11.4. The summed E-state index contributed by atoms with van der Waals surface area (Å²) in [6.45, 7) is -0.448. The number of nitrogens with zero attached hydrogens (tertiary/aromatic N) is 2. The Morgan fingerprint density at radius 1 is 1.12 bits per heavy atom. The van der Waals surface area contributed by atoms with Crippen molar-refractivity contribution in [2.75, 3.05) is 0 Å². The van der Waals surface area contributed by atoms with Gasteiger partial charge in [0.25, 0.3) is 0 Å². The zero-order valence-electron chi connectivity index (χ0n) is 8.23. The summed E-state index contributed by atoms with van der Waals surface area (Å²) in [6, 6.07) is 7.16. The first kappa shape index (κ1) is 11.4. The molecule has 0 aliphatic heterocycles. The van der Waals surface area contributed by atoms with Gasteiger partial charge in [-0.25, -0.2) is 14.4 Å². The minimum atomic E-state index is -0.448. The summed E-state index contributed by atoms with van der Waals surface area (Å²) in [5, 5.41) is 1.03. The zero-order valence-corrected chi connectivity index (χ0v) is 9.80. The quantitative estimate of drug-likeness (QED) is 0.834. The highest BCUT2D eigenvalue weighted by Crippen LogP contribution is 2.29. The van der Waals surface area contributed by atoms with Gasteiger partial charge < -0.3 is 0 Å². The highest BCUT2D eigenvalue weighted by atomic mass is 35.5. The minimum absolute atomic E-state index is 0.377. The van der Waals surface area contributed by atoms with Crippen LogP contribution < -0.4 is 0 Å². The van der Waals surface area contributed by atoms with Crippen molar-refractivity contribution < 1.29 is 4.39 Å². The molecular formula is C11H8ClFN2S. The van der Waals surface area contributed by atoms with Gasteiger partial charge in [-0.3, -0.25) is 0 Å². The molecule has 0 unspecified atom stereocenters. The first-order valence-corrected chi connectivity index (χ1v) is 5.78. The number of hydrogen-bond acceptors (Lipinski definition) is 3. The molecule has 0 fully saturated rings. The summed E-state index contributed by atoms with van der Waals surface area (Å²) in [4.78, 5) is 9.00. The SMILES string of the molecule is FCc1ccc(Sc2nccnc2Cl)cc1. The summed E-state index contributed by atoms with van der Waals surface area (Å²) in [7, 11) is 0. The van der Waals surface area contributed by atoms with Crippen LogP contribution in [0.15, 0.2) is 46.6 Å². The van der Waals surface area contributed by atoms with E-state index in [-0.39, 0.29) is 0 Å². The highest BCUT2D eigenvalue weighted by molar-refractivity contribution is 7.99. The van der Waals surface area contributed by atoms with Gasteiger partial charge in [-0.15, -0.1) is 0 Å². The van der Waals surface area contributed by atoms with Crippen molar-refractivity contribution in [2.45, 2.75) is 16.6 Å². The molecule has 16 heavy (non-hydrogen) atoms. The van der Waals surface area contributed by atoms with Crippen molar-refractivity contribution in [3.8, 4) is 0 Å². The Hall–Kier alpha value is -1.13. The number of alkyl halides is 1. The van der Waals surface area contributed by atoms with Crippen LogP contribution in [0.5, 0.6) is 0 Å². The van der Waals surface area contributed by atoms with Gasteiger partial charge in [0.2, 0.25) is 0 Å². The van der Waals surface area contributed by atoms with E-state index < -0.39 is 6.67 Å². The maximum atomic E-state index is 12.3. The van der Waals surface area contributed by atoms with Crippen molar-refractivity contribution in [1.29, 1.82) is 0 Å². The summed E-state index contributed by atoms with van der Waals surface area (Å²) >= 11 is 7.28. The van der Waals surface area contributed by atoms with E-state index in [0.717, 1.165) is 4.90 Å². The summed E-state index contributed by atoms with van der Waals surface area (Å²) in [6.07, 6.45) is 3.13. The Bertz CT molecular complexity index is 476. The van der Waals surface area contributed by atoms with E-state index in [0.29, 0.717) is 15.7 Å². The third kappa shape index (κ3) is 2.71. The van der Waals surface area contributed by atoms with E-state index in [1.165, 1.54) is 11.8 Å². The van der Waals surface area contributed by atoms with Crippen LogP contribution in [0.3, 0.4) is 0 Å². The van der Waals surface area contributed by atoms with E-state index >= 15 is 0 Å². The molecule has 0 aliphatic carbocycles. The minimum Gasteiger partial charge on any atom is -0.246 e. The van der Waals surface area contributed by atoms with Gasteiger partial charge in [0.1, 0.15) is 11.7 Å². The first-order valence-electron chi connectivity index (χ1n) is 4.59. The second-order valence-corrected chi connectivity index (χ2v) is 4.45. The number of halogens is 2. The fraction of sp³-hybridized carbons (Fsp3) is 0.0909. The van der Waals surface area contributed by atoms with Crippen LogP contribution >= 0.6 is 23.4 Å². The molecule has 0 aliphatic rings. The molecule has 1 aromatic heterocycles. The second-order valence-electron chi connectivity index (χ2n) is 3.03. The summed E-state index contributed by atoms with van der Waals surface area (Å²) in [5.74, 6) is 0. The molecule has 0 spiro atoms. The predicted octanol–water partition coefficient (Wildman–Crippen LogP) is 3.75. The van der Waals surface area contributed by atoms with Crippen LogP contribution in [0.2, 0.25) is 5.15 Å². The smallest absolute Gasteiger partial charge is 0.161 e. The fourth-order valence-electron chi connectivity index (χ4n) is 1.13. The second kappa shape index (κ2) is 5.27. The predicted molar refractivity (Wildman–Crippen MR) is 62.4 cm³/mol. The van der Waals surface area contributed by atoms with Gasteiger partial charge in [-0.1, -0.05) is 35.5 Å². The Morgan fingerprint density at radius 3 is 2.44 bits per heavy atom. The third-order valence-electron chi connectivity index (χ3n) is 1.91. The molecule has 82 valence electrons. The Balaban J connectivity index is 2.18. The standard InChI is InChI=1S/C11H8ClFN2S/c12-10-11(15-6-5-14-10)16-9-3-1-8(7-13)2-4-9/h1-6H,7H2. The van der Waals surface area contributed by atoms with Crippen molar-refractivity contribution in [1.82, 2.24) is 9.97 Å². The third-order valence-corrected chi connectivity index (χ3v) is 3.30. The topological polar surface area (TPSA) is 25.8 Å². The monoisotopic (exact) mass is 254 g/mol. The van der Waals surface area contributed by atoms with Crippen LogP contribution in [-0.4, -0.2) is 9.97 Å². The normalized spacial score (nSPS) is 10.4. The maximum Gasteiger partial charge on any atom is 0.161 e. The lowest BCUT2D eigenvalue weighted by atomic mass is 10.2. The highest BCUT2D eigenvalue weighted by Gasteiger charge is 2.04. The van der Waals surface area contributed by atoms with Crippen LogP contribution in [0.4, 0.5) is 4.39 Å². The molecule has 1 aromatic carbocycles. The molecule has 0 saturated carbocycles. The van der Waals surface area contributed by atoms with Crippen LogP contribution in [0, 0.1) is 0 Å². The first-order chi connectivity index (χ1) is 7.79. The average Bonchev–Trinajstić information content (AvgIpc) is 2.33. The van der Waals surface area contributed by atoms with E-state index in [1.54, 1.807) is 24.5 Å². The largest absolute Gasteiger partial charge is 0.246 e. The molecule has 1 heterocycles. The van der Waals surface area contributed by atoms with E-state index in [2.05, 4.69) is 9.97 Å². The molecule has 2 nitrogen and oxygen atoms in total. The molecule has 0 N–H and O–H groups in total. The lowest BCUT2D eigenvalue weighted by molar-refractivity contribution is 0.485. The van der Waals surface area contributed by atoms with E-state index in [1.807, 2.05) is 12.1 Å². The molecule has 0 amide bonds. The maximum absolute atomic E-state index is 12.3. The number of hydrogen-bond donors (Lipinski definition) is 0. The van der Waals surface area contributed by atoms with Gasteiger partial charge in [-0.05, 0) is 17.7 Å². The molecule has 0 atom stereocenters. The number of aromatic nitrogens is 2. The molecule has 2 rings (SSSR count). The van der Waals surface area contributed by atoms with Crippen molar-refractivity contribution in [3.05, 3.63) is 47.4 Å². The van der Waals surface area contributed by atoms with Crippen molar-refractivity contribution in [3.63, 3.8) is 0 Å². The van der Waals surface area contributed by atoms with Crippen LogP contribution in [0.25, 0.3) is 0 Å². The van der Waals surface area contributed by atoms with Gasteiger partial charge in [-0.2, -0.15) is 0 Å². The lowest BCUT2D eigenvalue weighted by Gasteiger charge is -2.02. The van der Waals surface area contributed by atoms with Gasteiger partial charge in [0.15, 0.2) is 5.15 Å². The van der Waals surface area contributed by atoms with Crippen LogP contribution in [-0.2, 0) is 6.67 Å². The van der Waals surface area contributed by atoms with E-state index in [9.17, 15) is 4.39 Å². The average molecular weight is 255 g/mol. The van der Waals surface area contributed by atoms with Gasteiger partial charge >= 0.3 is 0 Å². The fourth-order valence-corrected chi connectivity index (χ4v) is 2.10.